The molecule has 2 nitrogen and oxygen atoms in total. The highest BCUT2D eigenvalue weighted by atomic mass is 16.5. The minimum atomic E-state index is 0.0189. The van der Waals surface area contributed by atoms with Gasteiger partial charge in [-0.25, -0.2) is 0 Å². The summed E-state index contributed by atoms with van der Waals surface area (Å²) in [5.74, 6) is 0.0189. The summed E-state index contributed by atoms with van der Waals surface area (Å²) in [7, 11) is 0. The molecule has 260 valence electrons. The van der Waals surface area contributed by atoms with Crippen LogP contribution in [0.4, 0.5) is 0 Å². The van der Waals surface area contributed by atoms with Gasteiger partial charge in [0, 0.05) is 6.42 Å². The number of carbonyl (C=O) groups is 1. The number of esters is 1. The molecule has 0 saturated carbocycles. The lowest BCUT2D eigenvalue weighted by Gasteiger charge is -2.05. The Labute approximate surface area is 278 Å². The van der Waals surface area contributed by atoms with Gasteiger partial charge in [-0.3, -0.25) is 4.79 Å². The second-order valence-corrected chi connectivity index (χ2v) is 13.6. The van der Waals surface area contributed by atoms with Crippen LogP contribution in [-0.2, 0) is 9.53 Å². The molecule has 44 heavy (non-hydrogen) atoms. The molecule has 0 aromatic heterocycles. The number of hydrogen-bond donors (Lipinski definition) is 0. The Hall–Kier alpha value is -1.05. The first-order chi connectivity index (χ1) is 21.8. The van der Waals surface area contributed by atoms with Crippen molar-refractivity contribution in [1.29, 1.82) is 0 Å². The summed E-state index contributed by atoms with van der Waals surface area (Å²) < 4.78 is 5.45. The monoisotopic (exact) mass is 617 g/mol. The van der Waals surface area contributed by atoms with Gasteiger partial charge in [0.15, 0.2) is 0 Å². The third-order valence-corrected chi connectivity index (χ3v) is 9.09. The van der Waals surface area contributed by atoms with Gasteiger partial charge in [0.05, 0.1) is 6.61 Å². The Morgan fingerprint density at radius 1 is 0.386 bits per heavy atom. The summed E-state index contributed by atoms with van der Waals surface area (Å²) in [5, 5.41) is 0. The molecular formula is C42H80O2. The molecule has 0 aromatic carbocycles. The van der Waals surface area contributed by atoms with Gasteiger partial charge in [0.25, 0.3) is 0 Å². The standard InChI is InChI=1S/C42H80O2/c1-3-5-7-9-11-13-15-17-19-21-22-23-24-25-26-28-30-32-34-36-38-40-42(43)44-41-39-37-35-33-31-29-27-20-18-16-14-12-10-8-6-4-2/h12,14,18,20H,3-11,13,15-17,19,21-41H2,1-2H3/b14-12-,20-18+. The van der Waals surface area contributed by atoms with E-state index in [0.29, 0.717) is 13.0 Å². The number of carbonyl (C=O) groups excluding carboxylic acids is 1. The van der Waals surface area contributed by atoms with Crippen molar-refractivity contribution >= 4 is 5.97 Å². The van der Waals surface area contributed by atoms with E-state index in [4.69, 9.17) is 4.74 Å². The van der Waals surface area contributed by atoms with E-state index in [9.17, 15) is 4.79 Å². The molecule has 0 amide bonds. The van der Waals surface area contributed by atoms with E-state index < -0.39 is 0 Å². The molecule has 0 bridgehead atoms. The number of unbranched alkanes of at least 4 members (excludes halogenated alkanes) is 29. The van der Waals surface area contributed by atoms with Gasteiger partial charge in [-0.1, -0.05) is 205 Å². The fourth-order valence-electron chi connectivity index (χ4n) is 6.05. The largest absolute Gasteiger partial charge is 0.466 e. The number of ether oxygens (including phenoxy) is 1. The molecule has 0 rings (SSSR count). The van der Waals surface area contributed by atoms with Crippen LogP contribution in [0, 0.1) is 0 Å². The van der Waals surface area contributed by atoms with Crippen LogP contribution < -0.4 is 0 Å². The van der Waals surface area contributed by atoms with Gasteiger partial charge in [0.1, 0.15) is 0 Å². The zero-order valence-corrected chi connectivity index (χ0v) is 30.4. The van der Waals surface area contributed by atoms with Crippen molar-refractivity contribution in [1.82, 2.24) is 0 Å². The normalized spacial score (nSPS) is 11.8. The van der Waals surface area contributed by atoms with Crippen LogP contribution in [0.1, 0.15) is 232 Å². The second kappa shape index (κ2) is 40.0. The molecule has 0 aliphatic heterocycles. The predicted octanol–water partition coefficient (Wildman–Crippen LogP) is 14.9. The quantitative estimate of drug-likeness (QED) is 0.0394. The van der Waals surface area contributed by atoms with Crippen LogP contribution in [0.3, 0.4) is 0 Å². The third kappa shape index (κ3) is 39.0. The minimum absolute atomic E-state index is 0.0189. The lowest BCUT2D eigenvalue weighted by molar-refractivity contribution is -0.143. The maximum absolute atomic E-state index is 12.0. The molecule has 0 aliphatic rings. The maximum atomic E-state index is 12.0. The van der Waals surface area contributed by atoms with E-state index in [-0.39, 0.29) is 5.97 Å². The molecule has 2 heteroatoms. The molecule has 0 aromatic rings. The van der Waals surface area contributed by atoms with Crippen molar-refractivity contribution < 1.29 is 9.53 Å². The first-order valence-electron chi connectivity index (χ1n) is 20.3. The van der Waals surface area contributed by atoms with E-state index in [2.05, 4.69) is 38.2 Å². The smallest absolute Gasteiger partial charge is 0.305 e. The summed E-state index contributed by atoms with van der Waals surface area (Å²) in [6.45, 7) is 5.17. The summed E-state index contributed by atoms with van der Waals surface area (Å²) in [6.07, 6.45) is 54.1. The molecule has 0 fully saturated rings. The highest BCUT2D eigenvalue weighted by molar-refractivity contribution is 5.69. The van der Waals surface area contributed by atoms with E-state index in [0.717, 1.165) is 19.3 Å². The topological polar surface area (TPSA) is 26.3 Å². The first-order valence-corrected chi connectivity index (χ1v) is 20.3. The Morgan fingerprint density at radius 2 is 0.705 bits per heavy atom. The van der Waals surface area contributed by atoms with Crippen molar-refractivity contribution in [3.63, 3.8) is 0 Å². The van der Waals surface area contributed by atoms with Crippen LogP contribution in [0.25, 0.3) is 0 Å². The Kier molecular flexibility index (Phi) is 39.0. The van der Waals surface area contributed by atoms with E-state index >= 15 is 0 Å². The Balaban J connectivity index is 3.19. The van der Waals surface area contributed by atoms with Crippen LogP contribution in [0.5, 0.6) is 0 Å². The van der Waals surface area contributed by atoms with E-state index in [1.54, 1.807) is 0 Å². The van der Waals surface area contributed by atoms with Crippen molar-refractivity contribution in [2.75, 3.05) is 6.61 Å². The van der Waals surface area contributed by atoms with Crippen molar-refractivity contribution in [2.45, 2.75) is 232 Å². The average molecular weight is 617 g/mol. The Morgan fingerprint density at radius 3 is 1.14 bits per heavy atom. The van der Waals surface area contributed by atoms with Crippen molar-refractivity contribution in [3.8, 4) is 0 Å². The molecule has 0 saturated heterocycles. The van der Waals surface area contributed by atoms with Crippen molar-refractivity contribution in [3.05, 3.63) is 24.3 Å². The van der Waals surface area contributed by atoms with Crippen molar-refractivity contribution in [2.24, 2.45) is 0 Å². The Bertz CT molecular complexity index is 593. The SMILES string of the molecule is CCCCC/C=C\C/C=C/CCCCCCCCOC(=O)CCCCCCCCCCCCCCCCCCCCCCC. The lowest BCUT2D eigenvalue weighted by atomic mass is 10.0. The zero-order chi connectivity index (χ0) is 31.9. The number of rotatable bonds is 37. The molecule has 0 spiro atoms. The van der Waals surface area contributed by atoms with Gasteiger partial charge in [0.2, 0.25) is 0 Å². The molecule has 0 aliphatic carbocycles. The van der Waals surface area contributed by atoms with Gasteiger partial charge in [-0.2, -0.15) is 0 Å². The summed E-state index contributed by atoms with van der Waals surface area (Å²) in [4.78, 5) is 12.0. The highest BCUT2D eigenvalue weighted by Crippen LogP contribution is 2.15. The average Bonchev–Trinajstić information content (AvgIpc) is 3.03. The molecular weight excluding hydrogens is 536 g/mol. The number of hydrogen-bond acceptors (Lipinski definition) is 2. The summed E-state index contributed by atoms with van der Waals surface area (Å²) >= 11 is 0. The van der Waals surface area contributed by atoms with Crippen LogP contribution in [-0.4, -0.2) is 12.6 Å². The fraction of sp³-hybridized carbons (Fsp3) is 0.881. The number of allylic oxidation sites excluding steroid dienone is 4. The molecule has 0 N–H and O–H groups in total. The predicted molar refractivity (Wildman–Crippen MR) is 198 cm³/mol. The van der Waals surface area contributed by atoms with Crippen LogP contribution >= 0.6 is 0 Å². The van der Waals surface area contributed by atoms with Gasteiger partial charge in [-0.15, -0.1) is 0 Å². The van der Waals surface area contributed by atoms with E-state index in [1.807, 2.05) is 0 Å². The first kappa shape index (κ1) is 43.0. The van der Waals surface area contributed by atoms with E-state index in [1.165, 1.54) is 193 Å². The fourth-order valence-corrected chi connectivity index (χ4v) is 6.05. The van der Waals surface area contributed by atoms with Gasteiger partial charge >= 0.3 is 5.97 Å². The third-order valence-electron chi connectivity index (χ3n) is 9.09. The van der Waals surface area contributed by atoms with Gasteiger partial charge in [-0.05, 0) is 44.9 Å². The maximum Gasteiger partial charge on any atom is 0.305 e. The summed E-state index contributed by atoms with van der Waals surface area (Å²) in [5.41, 5.74) is 0. The van der Waals surface area contributed by atoms with Crippen LogP contribution in [0.15, 0.2) is 24.3 Å². The molecule has 0 atom stereocenters. The lowest BCUT2D eigenvalue weighted by Crippen LogP contribution is -2.05. The molecule has 0 heterocycles. The zero-order valence-electron chi connectivity index (χ0n) is 30.4. The van der Waals surface area contributed by atoms with Gasteiger partial charge < -0.3 is 4.74 Å². The second-order valence-electron chi connectivity index (χ2n) is 13.6. The molecule has 0 unspecified atom stereocenters. The minimum Gasteiger partial charge on any atom is -0.466 e. The summed E-state index contributed by atoms with van der Waals surface area (Å²) in [6, 6.07) is 0. The highest BCUT2D eigenvalue weighted by Gasteiger charge is 2.03. The van der Waals surface area contributed by atoms with Crippen LogP contribution in [0.2, 0.25) is 0 Å². The molecule has 0 radical (unpaired) electrons.